The molecule has 0 saturated heterocycles. The van der Waals surface area contributed by atoms with E-state index < -0.39 is 0 Å². The first-order valence-corrected chi connectivity index (χ1v) is 7.21. The number of amides is 1. The largest absolute Gasteiger partial charge is 0.399 e. The minimum absolute atomic E-state index is 0.160. The maximum atomic E-state index is 12.0. The second-order valence-corrected chi connectivity index (χ2v) is 4.67. The standard InChI is InChI=1S/C16H22N4O4/c1-11(18-22-4)12(2)19-24-10-13-8-6-7-9-14(13)15(20-23-5)16(21)17-3/h6-9H,10H2,1-5H3,(H,17,21). The summed E-state index contributed by atoms with van der Waals surface area (Å²) >= 11 is 0. The number of oxime groups is 3. The van der Waals surface area contributed by atoms with Gasteiger partial charge in [-0.05, 0) is 13.8 Å². The van der Waals surface area contributed by atoms with E-state index in [0.717, 1.165) is 5.56 Å². The molecule has 0 aliphatic heterocycles. The maximum Gasteiger partial charge on any atom is 0.273 e. The zero-order valence-electron chi connectivity index (χ0n) is 14.5. The van der Waals surface area contributed by atoms with E-state index in [1.807, 2.05) is 12.1 Å². The third-order valence-corrected chi connectivity index (χ3v) is 3.07. The highest BCUT2D eigenvalue weighted by Gasteiger charge is 2.17. The number of carbonyl (C=O) groups excluding carboxylic acids is 1. The molecule has 1 aromatic carbocycles. The van der Waals surface area contributed by atoms with E-state index in [1.165, 1.54) is 21.3 Å². The SMILES string of the molecule is CNC(=O)C(=NOC)c1ccccc1CON=C(C)C(C)=NOC. The van der Waals surface area contributed by atoms with E-state index in [4.69, 9.17) is 9.68 Å². The van der Waals surface area contributed by atoms with Gasteiger partial charge in [-0.25, -0.2) is 0 Å². The molecule has 130 valence electrons. The van der Waals surface area contributed by atoms with Crippen molar-refractivity contribution in [1.29, 1.82) is 0 Å². The molecule has 1 N–H and O–H groups in total. The number of benzene rings is 1. The van der Waals surface area contributed by atoms with Gasteiger partial charge in [0, 0.05) is 18.2 Å². The summed E-state index contributed by atoms with van der Waals surface area (Å²) in [7, 11) is 4.37. The van der Waals surface area contributed by atoms with Gasteiger partial charge in [0.25, 0.3) is 5.91 Å². The zero-order chi connectivity index (χ0) is 17.9. The van der Waals surface area contributed by atoms with E-state index in [9.17, 15) is 4.79 Å². The minimum Gasteiger partial charge on any atom is -0.399 e. The summed E-state index contributed by atoms with van der Waals surface area (Å²) in [5, 5.41) is 14.1. The smallest absolute Gasteiger partial charge is 0.273 e. The van der Waals surface area contributed by atoms with Crippen LogP contribution in [-0.2, 0) is 25.9 Å². The van der Waals surface area contributed by atoms with Crippen LogP contribution in [-0.4, -0.2) is 44.3 Å². The molecule has 0 heterocycles. The van der Waals surface area contributed by atoms with Crippen LogP contribution >= 0.6 is 0 Å². The summed E-state index contributed by atoms with van der Waals surface area (Å²) in [6.45, 7) is 3.67. The maximum absolute atomic E-state index is 12.0. The Morgan fingerprint density at radius 3 is 2.29 bits per heavy atom. The average Bonchev–Trinajstić information content (AvgIpc) is 2.59. The molecule has 0 aromatic heterocycles. The molecule has 0 unspecified atom stereocenters. The van der Waals surface area contributed by atoms with E-state index in [1.54, 1.807) is 26.0 Å². The van der Waals surface area contributed by atoms with Gasteiger partial charge >= 0.3 is 0 Å². The Morgan fingerprint density at radius 2 is 1.67 bits per heavy atom. The van der Waals surface area contributed by atoms with Crippen molar-refractivity contribution >= 4 is 23.0 Å². The molecule has 0 aliphatic carbocycles. The van der Waals surface area contributed by atoms with Crippen LogP contribution in [0, 0.1) is 0 Å². The lowest BCUT2D eigenvalue weighted by Gasteiger charge is -2.10. The van der Waals surface area contributed by atoms with Crippen LogP contribution in [0.15, 0.2) is 39.7 Å². The number of nitrogens with zero attached hydrogens (tertiary/aromatic N) is 3. The Kier molecular flexibility index (Phi) is 7.97. The van der Waals surface area contributed by atoms with Gasteiger partial charge in [0.05, 0.1) is 0 Å². The van der Waals surface area contributed by atoms with Crippen molar-refractivity contribution in [3.8, 4) is 0 Å². The van der Waals surface area contributed by atoms with Crippen LogP contribution in [0.4, 0.5) is 0 Å². The molecule has 0 bridgehead atoms. The lowest BCUT2D eigenvalue weighted by Crippen LogP contribution is -2.29. The summed E-state index contributed by atoms with van der Waals surface area (Å²) < 4.78 is 0. The van der Waals surface area contributed by atoms with Gasteiger partial charge < -0.3 is 19.8 Å². The van der Waals surface area contributed by atoms with Crippen LogP contribution in [0.25, 0.3) is 0 Å². The van der Waals surface area contributed by atoms with Crippen LogP contribution < -0.4 is 5.32 Å². The predicted octanol–water partition coefficient (Wildman–Crippen LogP) is 1.70. The first kappa shape index (κ1) is 19.1. The molecular formula is C16H22N4O4. The van der Waals surface area contributed by atoms with Gasteiger partial charge in [-0.1, -0.05) is 39.7 Å². The van der Waals surface area contributed by atoms with Gasteiger partial charge in [-0.15, -0.1) is 0 Å². The topological polar surface area (TPSA) is 93.9 Å². The first-order chi connectivity index (χ1) is 11.5. The average molecular weight is 334 g/mol. The fraction of sp³-hybridized carbons (Fsp3) is 0.375. The van der Waals surface area contributed by atoms with Crippen LogP contribution in [0.2, 0.25) is 0 Å². The molecule has 0 aliphatic rings. The van der Waals surface area contributed by atoms with E-state index >= 15 is 0 Å². The normalized spacial score (nSPS) is 12.6. The minimum atomic E-state index is -0.355. The third kappa shape index (κ3) is 5.38. The van der Waals surface area contributed by atoms with E-state index in [0.29, 0.717) is 17.0 Å². The summed E-state index contributed by atoms with van der Waals surface area (Å²) in [6.07, 6.45) is 0. The Hall–Kier alpha value is -2.90. The van der Waals surface area contributed by atoms with Crippen LogP contribution in [0.3, 0.4) is 0 Å². The first-order valence-electron chi connectivity index (χ1n) is 7.21. The molecule has 1 amide bonds. The second kappa shape index (κ2) is 9.98. The lowest BCUT2D eigenvalue weighted by molar-refractivity contribution is -0.114. The number of likely N-dealkylation sites (N-methyl/N-ethyl adjacent to an activating group) is 1. The Labute approximate surface area is 141 Å². The van der Waals surface area contributed by atoms with Crippen molar-refractivity contribution in [3.05, 3.63) is 35.4 Å². The molecule has 0 saturated carbocycles. The number of hydrogen-bond donors (Lipinski definition) is 1. The number of rotatable bonds is 8. The Balaban J connectivity index is 2.99. The third-order valence-electron chi connectivity index (χ3n) is 3.07. The Bertz CT molecular complexity index is 653. The van der Waals surface area contributed by atoms with Crippen molar-refractivity contribution < 1.29 is 19.3 Å². The van der Waals surface area contributed by atoms with Crippen molar-refractivity contribution in [2.24, 2.45) is 15.5 Å². The molecule has 24 heavy (non-hydrogen) atoms. The number of carbonyl (C=O) groups is 1. The second-order valence-electron chi connectivity index (χ2n) is 4.67. The van der Waals surface area contributed by atoms with Gasteiger partial charge in [-0.3, -0.25) is 4.79 Å². The molecule has 0 radical (unpaired) electrons. The van der Waals surface area contributed by atoms with Gasteiger partial charge in [0.15, 0.2) is 5.71 Å². The van der Waals surface area contributed by atoms with Crippen molar-refractivity contribution in [2.75, 3.05) is 21.3 Å². The predicted molar refractivity (Wildman–Crippen MR) is 92.1 cm³/mol. The molecule has 1 aromatic rings. The fourth-order valence-corrected chi connectivity index (χ4v) is 1.77. The number of hydrogen-bond acceptors (Lipinski definition) is 7. The van der Waals surface area contributed by atoms with Crippen molar-refractivity contribution in [3.63, 3.8) is 0 Å². The fourth-order valence-electron chi connectivity index (χ4n) is 1.77. The zero-order valence-corrected chi connectivity index (χ0v) is 14.5. The highest BCUT2D eigenvalue weighted by molar-refractivity contribution is 6.45. The quantitative estimate of drug-likeness (QED) is 0.578. The lowest BCUT2D eigenvalue weighted by atomic mass is 10.0. The van der Waals surface area contributed by atoms with Crippen molar-refractivity contribution in [2.45, 2.75) is 20.5 Å². The van der Waals surface area contributed by atoms with Crippen molar-refractivity contribution in [1.82, 2.24) is 5.32 Å². The van der Waals surface area contributed by atoms with Gasteiger partial charge in [0.1, 0.15) is 32.2 Å². The monoisotopic (exact) mass is 334 g/mol. The van der Waals surface area contributed by atoms with Crippen LogP contribution in [0.5, 0.6) is 0 Å². The van der Waals surface area contributed by atoms with E-state index in [2.05, 4.69) is 25.6 Å². The number of nitrogens with one attached hydrogen (secondary N) is 1. The summed E-state index contributed by atoms with van der Waals surface area (Å²) in [6, 6.07) is 7.23. The molecular weight excluding hydrogens is 312 g/mol. The molecule has 0 atom stereocenters. The highest BCUT2D eigenvalue weighted by Crippen LogP contribution is 2.12. The molecule has 8 heteroatoms. The van der Waals surface area contributed by atoms with Gasteiger partial charge in [0.2, 0.25) is 0 Å². The Morgan fingerprint density at radius 1 is 1.04 bits per heavy atom. The molecule has 0 fully saturated rings. The molecule has 0 spiro atoms. The van der Waals surface area contributed by atoms with Crippen LogP contribution in [0.1, 0.15) is 25.0 Å². The summed E-state index contributed by atoms with van der Waals surface area (Å²) in [5.41, 5.74) is 2.71. The highest BCUT2D eigenvalue weighted by atomic mass is 16.6. The molecule has 8 nitrogen and oxygen atoms in total. The summed E-state index contributed by atoms with van der Waals surface area (Å²) in [5.74, 6) is -0.355. The molecule has 1 rings (SSSR count). The van der Waals surface area contributed by atoms with Gasteiger partial charge in [-0.2, -0.15) is 0 Å². The van der Waals surface area contributed by atoms with E-state index in [-0.39, 0.29) is 18.2 Å². The summed E-state index contributed by atoms with van der Waals surface area (Å²) in [4.78, 5) is 26.8.